The maximum absolute atomic E-state index is 13.5. The van der Waals surface area contributed by atoms with Crippen molar-refractivity contribution in [3.8, 4) is 0 Å². The number of halogens is 2. The van der Waals surface area contributed by atoms with Gasteiger partial charge in [0.15, 0.2) is 0 Å². The van der Waals surface area contributed by atoms with Gasteiger partial charge in [-0.2, -0.15) is 0 Å². The van der Waals surface area contributed by atoms with Crippen molar-refractivity contribution >= 4 is 39.1 Å². The lowest BCUT2D eigenvalue weighted by Gasteiger charge is -2.33. The van der Waals surface area contributed by atoms with Gasteiger partial charge >= 0.3 is 0 Å². The first kappa shape index (κ1) is 26.9. The smallest absolute Gasteiger partial charge is 0.244 e. The first-order chi connectivity index (χ1) is 16.5. The van der Waals surface area contributed by atoms with E-state index < -0.39 is 34.3 Å². The van der Waals surface area contributed by atoms with E-state index in [1.165, 1.54) is 35.2 Å². The van der Waals surface area contributed by atoms with Gasteiger partial charge in [0.2, 0.25) is 21.8 Å². The Labute approximate surface area is 211 Å². The summed E-state index contributed by atoms with van der Waals surface area (Å²) in [5, 5.41) is 3.36. The fourth-order valence-corrected chi connectivity index (χ4v) is 5.21. The summed E-state index contributed by atoms with van der Waals surface area (Å²) in [6, 6.07) is 11.0. The van der Waals surface area contributed by atoms with E-state index in [0.29, 0.717) is 10.6 Å². The van der Waals surface area contributed by atoms with Crippen molar-refractivity contribution in [2.45, 2.75) is 57.7 Å². The average molecular weight is 524 g/mol. The van der Waals surface area contributed by atoms with Gasteiger partial charge in [0.1, 0.15) is 18.4 Å². The van der Waals surface area contributed by atoms with Crippen LogP contribution in [0.3, 0.4) is 0 Å². The number of anilines is 1. The summed E-state index contributed by atoms with van der Waals surface area (Å²) in [5.74, 6) is -1.29. The summed E-state index contributed by atoms with van der Waals surface area (Å²) in [7, 11) is -3.83. The summed E-state index contributed by atoms with van der Waals surface area (Å²) in [4.78, 5) is 27.9. The fourth-order valence-electron chi connectivity index (χ4n) is 4.18. The van der Waals surface area contributed by atoms with Crippen molar-refractivity contribution in [3.05, 3.63) is 64.9 Å². The molecule has 0 spiro atoms. The Morgan fingerprint density at radius 3 is 2.37 bits per heavy atom. The van der Waals surface area contributed by atoms with E-state index in [4.69, 9.17) is 11.6 Å². The molecule has 7 nitrogen and oxygen atoms in total. The van der Waals surface area contributed by atoms with Crippen molar-refractivity contribution < 1.29 is 22.4 Å². The zero-order valence-corrected chi connectivity index (χ0v) is 21.5. The van der Waals surface area contributed by atoms with Crippen LogP contribution in [0, 0.1) is 5.82 Å². The summed E-state index contributed by atoms with van der Waals surface area (Å²) in [6.45, 7) is 1.12. The number of nitrogens with zero attached hydrogens (tertiary/aromatic N) is 2. The summed E-state index contributed by atoms with van der Waals surface area (Å²) >= 11 is 6.04. The third-order valence-corrected chi connectivity index (χ3v) is 7.54. The number of hydrogen-bond donors (Lipinski definition) is 1. The molecule has 1 saturated carbocycles. The van der Waals surface area contributed by atoms with Gasteiger partial charge in [-0.1, -0.05) is 49.1 Å². The highest BCUT2D eigenvalue weighted by Gasteiger charge is 2.31. The molecular weight excluding hydrogens is 493 g/mol. The average Bonchev–Trinajstić information content (AvgIpc) is 2.81. The molecule has 3 rings (SSSR count). The minimum atomic E-state index is -3.83. The summed E-state index contributed by atoms with van der Waals surface area (Å²) in [6.07, 6.45) is 6.01. The number of carbonyl (C=O) groups excluding carboxylic acids is 2. The Kier molecular flexibility index (Phi) is 9.13. The van der Waals surface area contributed by atoms with Gasteiger partial charge in [0.05, 0.1) is 11.9 Å². The number of rotatable bonds is 9. The first-order valence-corrected chi connectivity index (χ1v) is 13.8. The molecule has 2 aromatic rings. The van der Waals surface area contributed by atoms with Crippen LogP contribution in [0.15, 0.2) is 48.5 Å². The van der Waals surface area contributed by atoms with Crippen LogP contribution in [0.1, 0.15) is 44.6 Å². The zero-order valence-electron chi connectivity index (χ0n) is 19.9. The second kappa shape index (κ2) is 11.9. The molecule has 2 aromatic carbocycles. The van der Waals surface area contributed by atoms with Gasteiger partial charge in [-0.3, -0.25) is 13.9 Å². The van der Waals surface area contributed by atoms with Crippen LogP contribution in [-0.4, -0.2) is 50.0 Å². The van der Waals surface area contributed by atoms with Crippen molar-refractivity contribution in [1.82, 2.24) is 10.2 Å². The van der Waals surface area contributed by atoms with Crippen molar-refractivity contribution in [2.75, 3.05) is 17.1 Å². The van der Waals surface area contributed by atoms with Gasteiger partial charge in [0, 0.05) is 17.6 Å². The SMILES string of the molecule is CC(C(=O)NC1CCCCC1)N(Cc1ccc(F)cc1)C(=O)CN(c1cccc(Cl)c1)S(C)(=O)=O. The highest BCUT2D eigenvalue weighted by Crippen LogP contribution is 2.23. The van der Waals surface area contributed by atoms with Gasteiger partial charge < -0.3 is 10.2 Å². The zero-order chi connectivity index (χ0) is 25.6. The quantitative estimate of drug-likeness (QED) is 0.536. The van der Waals surface area contributed by atoms with E-state index in [9.17, 15) is 22.4 Å². The standard InChI is InChI=1S/C25H31ClFN3O4S/c1-18(25(32)28-22-8-4-3-5-9-22)29(16-19-11-13-21(27)14-12-19)24(31)17-30(35(2,33)34)23-10-6-7-20(26)15-23/h6-7,10-15,18,22H,3-5,8-9,16-17H2,1-2H3,(H,28,32). The Hall–Kier alpha value is -2.65. The van der Waals surface area contributed by atoms with Gasteiger partial charge in [-0.15, -0.1) is 0 Å². The lowest BCUT2D eigenvalue weighted by atomic mass is 9.95. The number of carbonyl (C=O) groups is 2. The highest BCUT2D eigenvalue weighted by molar-refractivity contribution is 7.92. The molecule has 1 fully saturated rings. The predicted octanol–water partition coefficient (Wildman–Crippen LogP) is 4.11. The molecule has 0 bridgehead atoms. The van der Waals surface area contributed by atoms with Crippen LogP contribution < -0.4 is 9.62 Å². The molecule has 0 saturated heterocycles. The Bertz CT molecular complexity index is 1140. The second-order valence-electron chi connectivity index (χ2n) is 8.92. The molecule has 1 unspecified atom stereocenters. The molecule has 0 aliphatic heterocycles. The fraction of sp³-hybridized carbons (Fsp3) is 0.440. The number of hydrogen-bond acceptors (Lipinski definition) is 4. The van der Waals surface area contributed by atoms with E-state index in [2.05, 4.69) is 5.32 Å². The number of nitrogens with one attached hydrogen (secondary N) is 1. The van der Waals surface area contributed by atoms with E-state index in [-0.39, 0.29) is 24.2 Å². The molecule has 35 heavy (non-hydrogen) atoms. The largest absolute Gasteiger partial charge is 0.352 e. The molecular formula is C25H31ClFN3O4S. The topological polar surface area (TPSA) is 86.8 Å². The van der Waals surface area contributed by atoms with Crippen molar-refractivity contribution in [3.63, 3.8) is 0 Å². The van der Waals surface area contributed by atoms with Gasteiger partial charge in [-0.05, 0) is 55.7 Å². The molecule has 1 N–H and O–H groups in total. The second-order valence-corrected chi connectivity index (χ2v) is 11.3. The van der Waals surface area contributed by atoms with E-state index in [1.54, 1.807) is 25.1 Å². The maximum Gasteiger partial charge on any atom is 0.244 e. The Balaban J connectivity index is 1.86. The minimum absolute atomic E-state index is 0.0194. The lowest BCUT2D eigenvalue weighted by Crippen LogP contribution is -2.52. The number of amides is 2. The monoisotopic (exact) mass is 523 g/mol. The number of sulfonamides is 1. The maximum atomic E-state index is 13.5. The number of benzene rings is 2. The molecule has 0 heterocycles. The van der Waals surface area contributed by atoms with Gasteiger partial charge in [0.25, 0.3) is 0 Å². The van der Waals surface area contributed by atoms with Crippen LogP contribution in [0.2, 0.25) is 5.02 Å². The first-order valence-electron chi connectivity index (χ1n) is 11.6. The van der Waals surface area contributed by atoms with Gasteiger partial charge in [-0.25, -0.2) is 12.8 Å². The van der Waals surface area contributed by atoms with E-state index in [1.807, 2.05) is 0 Å². The molecule has 2 amide bonds. The van der Waals surface area contributed by atoms with Crippen LogP contribution in [0.4, 0.5) is 10.1 Å². The third kappa shape index (κ3) is 7.67. The molecule has 1 atom stereocenters. The Morgan fingerprint density at radius 2 is 1.77 bits per heavy atom. The molecule has 190 valence electrons. The molecule has 10 heteroatoms. The highest BCUT2D eigenvalue weighted by atomic mass is 35.5. The summed E-state index contributed by atoms with van der Waals surface area (Å²) in [5.41, 5.74) is 0.861. The van der Waals surface area contributed by atoms with Crippen LogP contribution in [0.5, 0.6) is 0 Å². The van der Waals surface area contributed by atoms with E-state index >= 15 is 0 Å². The lowest BCUT2D eigenvalue weighted by molar-refractivity contribution is -0.139. The molecule has 1 aliphatic rings. The normalized spacial score (nSPS) is 15.3. The van der Waals surface area contributed by atoms with Crippen molar-refractivity contribution in [1.29, 1.82) is 0 Å². The van der Waals surface area contributed by atoms with Crippen molar-refractivity contribution in [2.24, 2.45) is 0 Å². The minimum Gasteiger partial charge on any atom is -0.352 e. The Morgan fingerprint density at radius 1 is 1.11 bits per heavy atom. The van der Waals surface area contributed by atoms with Crippen LogP contribution in [-0.2, 0) is 26.2 Å². The van der Waals surface area contributed by atoms with Crippen LogP contribution >= 0.6 is 11.6 Å². The van der Waals surface area contributed by atoms with E-state index in [0.717, 1.165) is 42.7 Å². The molecule has 1 aliphatic carbocycles. The predicted molar refractivity (Wildman–Crippen MR) is 135 cm³/mol. The summed E-state index contributed by atoms with van der Waals surface area (Å²) < 4.78 is 39.5. The molecule has 0 radical (unpaired) electrons. The van der Waals surface area contributed by atoms with Crippen LogP contribution in [0.25, 0.3) is 0 Å². The third-order valence-electron chi connectivity index (χ3n) is 6.16. The molecule has 0 aromatic heterocycles.